The van der Waals surface area contributed by atoms with E-state index in [2.05, 4.69) is 10.6 Å². The number of ether oxygens (including phenoxy) is 1. The maximum absolute atomic E-state index is 12.8. The van der Waals surface area contributed by atoms with Crippen molar-refractivity contribution in [3.63, 3.8) is 0 Å². The molecule has 0 aliphatic rings. The van der Waals surface area contributed by atoms with Crippen LogP contribution in [0.25, 0.3) is 5.69 Å². The molecule has 1 aromatic heterocycles. The number of pyridine rings is 1. The van der Waals surface area contributed by atoms with Gasteiger partial charge >= 0.3 is 0 Å². The molecule has 3 aromatic rings. The average molecular weight is 419 g/mol. The summed E-state index contributed by atoms with van der Waals surface area (Å²) >= 11 is 0. The molecule has 7 nitrogen and oxygen atoms in total. The van der Waals surface area contributed by atoms with Crippen LogP contribution in [0.5, 0.6) is 0 Å². The van der Waals surface area contributed by atoms with Crippen molar-refractivity contribution in [2.45, 2.75) is 13.3 Å². The topological polar surface area (TPSA) is 89.4 Å². The Hall–Kier alpha value is -3.71. The summed E-state index contributed by atoms with van der Waals surface area (Å²) in [5.41, 5.74) is 2.35. The Labute approximate surface area is 180 Å². The maximum atomic E-state index is 12.8. The SMILES string of the molecule is COCCCNC(=O)c1cccn(-c2ccc(NC(=O)c3ccccc3C)cc2)c1=O. The lowest BCUT2D eigenvalue weighted by molar-refractivity contribution is 0.0946. The van der Waals surface area contributed by atoms with Gasteiger partial charge in [-0.3, -0.25) is 19.0 Å². The zero-order valence-corrected chi connectivity index (χ0v) is 17.6. The zero-order chi connectivity index (χ0) is 22.2. The molecule has 7 heteroatoms. The Morgan fingerprint density at radius 1 is 0.935 bits per heavy atom. The van der Waals surface area contributed by atoms with Gasteiger partial charge in [-0.05, 0) is 61.4 Å². The second-order valence-corrected chi connectivity index (χ2v) is 7.02. The van der Waals surface area contributed by atoms with Crippen molar-refractivity contribution in [1.82, 2.24) is 9.88 Å². The van der Waals surface area contributed by atoms with Gasteiger partial charge in [0.15, 0.2) is 0 Å². The van der Waals surface area contributed by atoms with E-state index in [0.717, 1.165) is 5.56 Å². The number of aromatic nitrogens is 1. The predicted molar refractivity (Wildman–Crippen MR) is 120 cm³/mol. The molecule has 0 saturated heterocycles. The van der Waals surface area contributed by atoms with E-state index in [1.54, 1.807) is 49.7 Å². The van der Waals surface area contributed by atoms with Gasteiger partial charge in [0.05, 0.1) is 0 Å². The van der Waals surface area contributed by atoms with Gasteiger partial charge in [-0.1, -0.05) is 18.2 Å². The molecule has 0 saturated carbocycles. The molecule has 3 rings (SSSR count). The fourth-order valence-corrected chi connectivity index (χ4v) is 3.12. The summed E-state index contributed by atoms with van der Waals surface area (Å²) in [6, 6.07) is 17.4. The number of carbonyl (C=O) groups is 2. The van der Waals surface area contributed by atoms with Crippen molar-refractivity contribution in [2.75, 3.05) is 25.6 Å². The minimum absolute atomic E-state index is 0.0665. The molecular weight excluding hydrogens is 394 g/mol. The number of nitrogens with zero attached hydrogens (tertiary/aromatic N) is 1. The third kappa shape index (κ3) is 5.46. The van der Waals surface area contributed by atoms with Gasteiger partial charge in [0.25, 0.3) is 17.4 Å². The number of aryl methyl sites for hydroxylation is 1. The van der Waals surface area contributed by atoms with Crippen LogP contribution in [0.2, 0.25) is 0 Å². The summed E-state index contributed by atoms with van der Waals surface area (Å²) in [6.45, 7) is 2.84. The number of nitrogens with one attached hydrogen (secondary N) is 2. The molecule has 0 unspecified atom stereocenters. The van der Waals surface area contributed by atoms with Crippen LogP contribution in [-0.4, -0.2) is 36.6 Å². The van der Waals surface area contributed by atoms with Gasteiger partial charge < -0.3 is 15.4 Å². The molecule has 0 fully saturated rings. The highest BCUT2D eigenvalue weighted by molar-refractivity contribution is 6.05. The number of benzene rings is 2. The van der Waals surface area contributed by atoms with Gasteiger partial charge in [-0.15, -0.1) is 0 Å². The molecule has 2 N–H and O–H groups in total. The Morgan fingerprint density at radius 2 is 1.65 bits per heavy atom. The monoisotopic (exact) mass is 419 g/mol. The average Bonchev–Trinajstić information content (AvgIpc) is 2.77. The molecule has 0 aliphatic carbocycles. The van der Waals surface area contributed by atoms with E-state index in [1.807, 2.05) is 25.1 Å². The van der Waals surface area contributed by atoms with E-state index in [4.69, 9.17) is 4.74 Å². The predicted octanol–water partition coefficient (Wildman–Crippen LogP) is 3.16. The second kappa shape index (κ2) is 10.4. The molecule has 0 radical (unpaired) electrons. The summed E-state index contributed by atoms with van der Waals surface area (Å²) in [7, 11) is 1.59. The molecule has 2 amide bonds. The Kier molecular flexibility index (Phi) is 7.35. The fourth-order valence-electron chi connectivity index (χ4n) is 3.12. The van der Waals surface area contributed by atoms with Crippen LogP contribution in [0, 0.1) is 6.92 Å². The fraction of sp³-hybridized carbons (Fsp3) is 0.208. The summed E-state index contributed by atoms with van der Waals surface area (Å²) in [4.78, 5) is 37.6. The lowest BCUT2D eigenvalue weighted by atomic mass is 10.1. The number of rotatable bonds is 8. The zero-order valence-electron chi connectivity index (χ0n) is 17.6. The molecule has 1 heterocycles. The van der Waals surface area contributed by atoms with Crippen LogP contribution < -0.4 is 16.2 Å². The van der Waals surface area contributed by atoms with E-state index in [1.165, 1.54) is 10.6 Å². The standard InChI is InChI=1S/C24H25N3O4/c1-17-7-3-4-8-20(17)23(29)26-18-10-12-19(13-11-18)27-15-5-9-21(24(27)30)22(28)25-14-6-16-31-2/h3-5,7-13,15H,6,14,16H2,1-2H3,(H,25,28)(H,26,29). The molecule has 31 heavy (non-hydrogen) atoms. The first-order valence-corrected chi connectivity index (χ1v) is 9.97. The third-order valence-corrected chi connectivity index (χ3v) is 4.80. The van der Waals surface area contributed by atoms with Crippen LogP contribution >= 0.6 is 0 Å². The van der Waals surface area contributed by atoms with E-state index < -0.39 is 11.5 Å². The number of hydrogen-bond acceptors (Lipinski definition) is 4. The normalized spacial score (nSPS) is 10.5. The second-order valence-electron chi connectivity index (χ2n) is 7.02. The highest BCUT2D eigenvalue weighted by Crippen LogP contribution is 2.15. The molecule has 0 aliphatic heterocycles. The highest BCUT2D eigenvalue weighted by atomic mass is 16.5. The Bertz CT molecular complexity index is 1120. The summed E-state index contributed by atoms with van der Waals surface area (Å²) < 4.78 is 6.35. The molecule has 0 bridgehead atoms. The number of hydrogen-bond donors (Lipinski definition) is 2. The first-order chi connectivity index (χ1) is 15.0. The molecular formula is C24H25N3O4. The lowest BCUT2D eigenvalue weighted by Gasteiger charge is -2.11. The summed E-state index contributed by atoms with van der Waals surface area (Å²) in [5, 5.41) is 5.58. The first-order valence-electron chi connectivity index (χ1n) is 9.97. The smallest absolute Gasteiger partial charge is 0.267 e. The van der Waals surface area contributed by atoms with Crippen molar-refractivity contribution in [3.8, 4) is 5.69 Å². The van der Waals surface area contributed by atoms with Crippen LogP contribution in [0.4, 0.5) is 5.69 Å². The first kappa shape index (κ1) is 22.0. The van der Waals surface area contributed by atoms with E-state index in [-0.39, 0.29) is 11.5 Å². The van der Waals surface area contributed by atoms with Crippen LogP contribution in [0.1, 0.15) is 32.7 Å². The Morgan fingerprint density at radius 3 is 2.35 bits per heavy atom. The molecule has 2 aromatic carbocycles. The highest BCUT2D eigenvalue weighted by Gasteiger charge is 2.13. The summed E-state index contributed by atoms with van der Waals surface area (Å²) in [6.07, 6.45) is 2.27. The van der Waals surface area contributed by atoms with Crippen molar-refractivity contribution in [2.24, 2.45) is 0 Å². The molecule has 0 atom stereocenters. The van der Waals surface area contributed by atoms with Crippen LogP contribution in [0.15, 0.2) is 71.7 Å². The van der Waals surface area contributed by atoms with Crippen LogP contribution in [0.3, 0.4) is 0 Å². The maximum Gasteiger partial charge on any atom is 0.267 e. The van der Waals surface area contributed by atoms with Gasteiger partial charge in [0, 0.05) is 43.4 Å². The Balaban J connectivity index is 1.74. The van der Waals surface area contributed by atoms with Crippen LogP contribution in [-0.2, 0) is 4.74 Å². The molecule has 0 spiro atoms. The summed E-state index contributed by atoms with van der Waals surface area (Å²) in [5.74, 6) is -0.618. The lowest BCUT2D eigenvalue weighted by Crippen LogP contribution is -2.33. The minimum atomic E-state index is -0.419. The van der Waals surface area contributed by atoms with E-state index in [9.17, 15) is 14.4 Å². The van der Waals surface area contributed by atoms with Crippen molar-refractivity contribution in [3.05, 3.63) is 93.9 Å². The van der Waals surface area contributed by atoms with Crippen molar-refractivity contribution in [1.29, 1.82) is 0 Å². The van der Waals surface area contributed by atoms with E-state index >= 15 is 0 Å². The van der Waals surface area contributed by atoms with Gasteiger partial charge in [0.2, 0.25) is 0 Å². The van der Waals surface area contributed by atoms with E-state index in [0.29, 0.717) is 36.5 Å². The number of methoxy groups -OCH3 is 1. The third-order valence-electron chi connectivity index (χ3n) is 4.80. The van der Waals surface area contributed by atoms with Gasteiger partial charge in [-0.2, -0.15) is 0 Å². The quantitative estimate of drug-likeness (QED) is 0.549. The number of anilines is 1. The van der Waals surface area contributed by atoms with Crippen molar-refractivity contribution >= 4 is 17.5 Å². The van der Waals surface area contributed by atoms with Gasteiger partial charge in [0.1, 0.15) is 5.56 Å². The number of amides is 2. The van der Waals surface area contributed by atoms with Gasteiger partial charge in [-0.25, -0.2) is 0 Å². The number of carbonyl (C=O) groups excluding carboxylic acids is 2. The van der Waals surface area contributed by atoms with Crippen molar-refractivity contribution < 1.29 is 14.3 Å². The molecule has 160 valence electrons. The minimum Gasteiger partial charge on any atom is -0.385 e. The largest absolute Gasteiger partial charge is 0.385 e.